The molecule has 0 aromatic heterocycles. The van der Waals surface area contributed by atoms with E-state index in [1.807, 2.05) is 24.3 Å². The number of hydrogen-bond acceptors (Lipinski definition) is 7. The summed E-state index contributed by atoms with van der Waals surface area (Å²) in [5, 5.41) is 11.6. The van der Waals surface area contributed by atoms with Crippen LogP contribution < -0.4 is 10.1 Å². The van der Waals surface area contributed by atoms with Crippen molar-refractivity contribution >= 4 is 37.6 Å². The number of carbonyl (C=O) groups is 1. The molecule has 3 aromatic carbocycles. The first-order chi connectivity index (χ1) is 18.3. The maximum absolute atomic E-state index is 13.5. The Morgan fingerprint density at radius 1 is 1.08 bits per heavy atom. The first kappa shape index (κ1) is 27.8. The van der Waals surface area contributed by atoms with Gasteiger partial charge in [-0.25, -0.2) is 13.4 Å². The van der Waals surface area contributed by atoms with E-state index in [0.717, 1.165) is 4.47 Å². The monoisotopic (exact) mass is 600 g/mol. The van der Waals surface area contributed by atoms with E-state index in [1.165, 1.54) is 19.2 Å². The molecule has 8 nitrogen and oxygen atoms in total. The topological polar surface area (TPSA) is 114 Å². The minimum absolute atomic E-state index is 0.0434. The summed E-state index contributed by atoms with van der Waals surface area (Å²) in [5.41, 5.74) is -0.203. The van der Waals surface area contributed by atoms with Gasteiger partial charge in [0.1, 0.15) is 5.75 Å². The molecule has 3 aromatic rings. The minimum Gasteiger partial charge on any atom is -0.494 e. The lowest BCUT2D eigenvalue weighted by molar-refractivity contribution is -0.128. The van der Waals surface area contributed by atoms with E-state index < -0.39 is 27.4 Å². The van der Waals surface area contributed by atoms with Crippen LogP contribution in [-0.4, -0.2) is 56.9 Å². The molecule has 1 aliphatic rings. The average Bonchev–Trinajstić information content (AvgIpc) is 3.34. The van der Waals surface area contributed by atoms with Crippen LogP contribution in [0.1, 0.15) is 30.1 Å². The van der Waals surface area contributed by atoms with Crippen LogP contribution in [0.5, 0.6) is 5.75 Å². The normalized spacial score (nSPS) is 18.9. The van der Waals surface area contributed by atoms with Crippen LogP contribution in [0.2, 0.25) is 0 Å². The van der Waals surface area contributed by atoms with Crippen LogP contribution >= 0.6 is 15.9 Å². The molecule has 0 saturated carbocycles. The van der Waals surface area contributed by atoms with Crippen LogP contribution in [-0.2, 0) is 19.4 Å². The lowest BCUT2D eigenvalue weighted by Crippen LogP contribution is -2.48. The van der Waals surface area contributed by atoms with Crippen molar-refractivity contribution < 1.29 is 27.8 Å². The van der Waals surface area contributed by atoms with Gasteiger partial charge in [-0.3, -0.25) is 4.79 Å². The number of aliphatic imine (C=N–C) groups is 1. The Hall–Kier alpha value is -3.21. The smallest absolute Gasteiger partial charge is 0.252 e. The van der Waals surface area contributed by atoms with E-state index in [4.69, 9.17) is 19.6 Å². The van der Waals surface area contributed by atoms with Crippen LogP contribution in [0.15, 0.2) is 93.2 Å². The molecule has 1 heterocycles. The molecular weight excluding hydrogens is 572 g/mol. The Bertz CT molecular complexity index is 1380. The van der Waals surface area contributed by atoms with E-state index >= 15 is 0 Å². The van der Waals surface area contributed by atoms with Crippen LogP contribution in [0, 0.1) is 0 Å². The first-order valence-electron chi connectivity index (χ1n) is 12.1. The van der Waals surface area contributed by atoms with E-state index in [1.54, 1.807) is 42.5 Å². The summed E-state index contributed by atoms with van der Waals surface area (Å²) < 4.78 is 39.1. The second kappa shape index (κ2) is 12.1. The fraction of sp³-hybridized carbons (Fsp3) is 0.286. The number of carbonyl (C=O) groups excluding carboxylic acids is 1. The number of rotatable bonds is 11. The Kier molecular flexibility index (Phi) is 8.86. The lowest BCUT2D eigenvalue weighted by atomic mass is 9.85. The highest BCUT2D eigenvalue weighted by molar-refractivity contribution is 9.10. The van der Waals surface area contributed by atoms with Gasteiger partial charge in [0.15, 0.2) is 21.5 Å². The molecular formula is C28H29BrN2O6S. The van der Waals surface area contributed by atoms with Crippen molar-refractivity contribution in [3.8, 4) is 5.75 Å². The number of hydrogen-bond donors (Lipinski definition) is 2. The highest BCUT2D eigenvalue weighted by Crippen LogP contribution is 2.43. The van der Waals surface area contributed by atoms with Crippen molar-refractivity contribution in [1.82, 2.24) is 5.32 Å². The Morgan fingerprint density at radius 3 is 2.39 bits per heavy atom. The third-order valence-electron chi connectivity index (χ3n) is 6.28. The molecule has 0 bridgehead atoms. The Balaban J connectivity index is 1.72. The number of benzene rings is 3. The third kappa shape index (κ3) is 6.09. The van der Waals surface area contributed by atoms with Gasteiger partial charge in [0.2, 0.25) is 5.90 Å². The molecule has 38 heavy (non-hydrogen) atoms. The number of nitrogens with zero attached hydrogens (tertiary/aromatic N) is 1. The lowest BCUT2D eigenvalue weighted by Gasteiger charge is -2.30. The summed E-state index contributed by atoms with van der Waals surface area (Å²) in [6.45, 7) is 0.427. The summed E-state index contributed by atoms with van der Waals surface area (Å²) in [5.74, 6) is 0.125. The Labute approximate surface area is 230 Å². The summed E-state index contributed by atoms with van der Waals surface area (Å²) in [7, 11) is -2.19. The number of sulfone groups is 1. The van der Waals surface area contributed by atoms with Gasteiger partial charge in [-0.1, -0.05) is 46.3 Å². The quantitative estimate of drug-likeness (QED) is 0.321. The molecule has 0 saturated heterocycles. The highest BCUT2D eigenvalue weighted by Gasteiger charge is 2.53. The number of aliphatic hydroxyl groups excluding tert-OH is 1. The summed E-state index contributed by atoms with van der Waals surface area (Å²) >= 11 is 3.43. The summed E-state index contributed by atoms with van der Waals surface area (Å²) in [6, 6.07) is 22.5. The summed E-state index contributed by atoms with van der Waals surface area (Å²) in [6.07, 6.45) is -0.416. The predicted molar refractivity (Wildman–Crippen MR) is 148 cm³/mol. The molecule has 4 rings (SSSR count). The van der Waals surface area contributed by atoms with Crippen molar-refractivity contribution in [2.75, 3.05) is 26.0 Å². The molecule has 2 atom stereocenters. The largest absolute Gasteiger partial charge is 0.494 e. The molecule has 0 spiro atoms. The van der Waals surface area contributed by atoms with Crippen LogP contribution in [0.3, 0.4) is 0 Å². The van der Waals surface area contributed by atoms with Gasteiger partial charge in [0.05, 0.1) is 17.3 Å². The fourth-order valence-corrected chi connectivity index (χ4v) is 5.91. The number of nitrogens with one attached hydrogen (secondary N) is 1. The van der Waals surface area contributed by atoms with Crippen LogP contribution in [0.4, 0.5) is 0 Å². The molecule has 0 fully saturated rings. The summed E-state index contributed by atoms with van der Waals surface area (Å²) in [4.78, 5) is 18.4. The van der Waals surface area contributed by atoms with E-state index in [2.05, 4.69) is 21.2 Å². The number of aliphatic hydroxyl groups is 1. The zero-order chi connectivity index (χ0) is 27.2. The molecule has 0 unspecified atom stereocenters. The molecule has 1 amide bonds. The molecule has 1 aliphatic heterocycles. The van der Waals surface area contributed by atoms with Crippen molar-refractivity contribution in [2.45, 2.75) is 29.4 Å². The minimum atomic E-state index is -3.69. The number of likely N-dealkylation sites (N-methyl/N-ethyl adjacent to an activating group) is 1. The van der Waals surface area contributed by atoms with Crippen molar-refractivity contribution in [3.63, 3.8) is 0 Å². The van der Waals surface area contributed by atoms with Crippen LogP contribution in [0.25, 0.3) is 0 Å². The predicted octanol–water partition coefficient (Wildman–Crippen LogP) is 4.08. The van der Waals surface area contributed by atoms with E-state index in [-0.39, 0.29) is 29.6 Å². The van der Waals surface area contributed by atoms with Gasteiger partial charge in [-0.2, -0.15) is 0 Å². The van der Waals surface area contributed by atoms with Crippen molar-refractivity contribution in [3.05, 3.63) is 94.5 Å². The molecule has 10 heteroatoms. The average molecular weight is 602 g/mol. The number of halogens is 1. The Morgan fingerprint density at radius 2 is 1.76 bits per heavy atom. The van der Waals surface area contributed by atoms with Gasteiger partial charge in [0.25, 0.3) is 5.91 Å². The second-order valence-electron chi connectivity index (χ2n) is 8.80. The number of amides is 1. The highest BCUT2D eigenvalue weighted by atomic mass is 79.9. The molecule has 0 radical (unpaired) electrons. The van der Waals surface area contributed by atoms with Gasteiger partial charge >= 0.3 is 0 Å². The standard InChI is InChI=1S/C28H29BrN2O6S/c1-30-27(33)28(16-19-38(34,35)24-6-3-2-4-7-24)25(20-8-12-22(29)13-9-20)37-26(31-28)21-10-14-23(15-11-21)36-18-5-17-32/h2-4,6-15,25,32H,5,16-19H2,1H3,(H,30,33)/t25-,28-/m1/s1. The van der Waals surface area contributed by atoms with E-state index in [9.17, 15) is 13.2 Å². The SMILES string of the molecule is CNC(=O)[C@]1(CCS(=O)(=O)c2ccccc2)N=C(c2ccc(OCCCO)cc2)O[C@@H]1c1ccc(Br)cc1. The van der Waals surface area contributed by atoms with Crippen molar-refractivity contribution in [2.24, 2.45) is 4.99 Å². The van der Waals surface area contributed by atoms with Gasteiger partial charge < -0.3 is 19.9 Å². The fourth-order valence-electron chi connectivity index (χ4n) is 4.26. The molecule has 200 valence electrons. The second-order valence-corrected chi connectivity index (χ2v) is 11.8. The number of ether oxygens (including phenoxy) is 2. The van der Waals surface area contributed by atoms with Gasteiger partial charge in [-0.15, -0.1) is 0 Å². The zero-order valence-electron chi connectivity index (χ0n) is 20.8. The van der Waals surface area contributed by atoms with Gasteiger partial charge in [-0.05, 0) is 54.1 Å². The van der Waals surface area contributed by atoms with Crippen molar-refractivity contribution in [1.29, 1.82) is 0 Å². The third-order valence-corrected chi connectivity index (χ3v) is 8.54. The maximum Gasteiger partial charge on any atom is 0.252 e. The van der Waals surface area contributed by atoms with Gasteiger partial charge in [0, 0.05) is 36.5 Å². The maximum atomic E-state index is 13.5. The van der Waals surface area contributed by atoms with E-state index in [0.29, 0.717) is 29.9 Å². The zero-order valence-corrected chi connectivity index (χ0v) is 23.2. The first-order valence-corrected chi connectivity index (χ1v) is 14.6. The molecule has 0 aliphatic carbocycles. The molecule has 2 N–H and O–H groups in total.